The minimum absolute atomic E-state index is 0.0240. The van der Waals surface area contributed by atoms with E-state index in [9.17, 15) is 4.79 Å². The molecule has 0 spiro atoms. The molecule has 0 unspecified atom stereocenters. The second-order valence-corrected chi connectivity index (χ2v) is 5.67. The number of nitrogens with zero attached hydrogens (tertiary/aromatic N) is 1. The van der Waals surface area contributed by atoms with Crippen LogP contribution in [0.15, 0.2) is 22.9 Å². The average Bonchev–Trinajstić information content (AvgIpc) is 2.43. The molecule has 19 heavy (non-hydrogen) atoms. The first-order chi connectivity index (χ1) is 9.06. The molecule has 1 rings (SSSR count). The zero-order valence-electron chi connectivity index (χ0n) is 11.4. The van der Waals surface area contributed by atoms with Crippen LogP contribution in [0.5, 0.6) is 0 Å². The molecule has 0 bridgehead atoms. The maximum Gasteiger partial charge on any atom is 0.252 e. The van der Waals surface area contributed by atoms with Crippen molar-refractivity contribution in [1.29, 1.82) is 0 Å². The second-order valence-electron chi connectivity index (χ2n) is 4.76. The van der Waals surface area contributed by atoms with Gasteiger partial charge in [0.05, 0.1) is 5.56 Å². The number of nitrogens with one attached hydrogen (secondary N) is 1. The Hall–Kier alpha value is -0.940. The van der Waals surface area contributed by atoms with Crippen LogP contribution in [0, 0.1) is 5.41 Å². The summed E-state index contributed by atoms with van der Waals surface area (Å²) in [5, 5.41) is 12.1. The van der Waals surface area contributed by atoms with E-state index in [1.807, 2.05) is 0 Å². The van der Waals surface area contributed by atoms with Crippen molar-refractivity contribution in [2.45, 2.75) is 33.1 Å². The lowest BCUT2D eigenvalue weighted by atomic mass is 9.79. The molecule has 0 radical (unpaired) electrons. The lowest BCUT2D eigenvalue weighted by Crippen LogP contribution is -2.37. The summed E-state index contributed by atoms with van der Waals surface area (Å²) in [4.78, 5) is 16.0. The molecule has 0 atom stereocenters. The number of carbonyl (C=O) groups is 1. The third-order valence-corrected chi connectivity index (χ3v) is 4.17. The van der Waals surface area contributed by atoms with E-state index in [4.69, 9.17) is 5.11 Å². The van der Waals surface area contributed by atoms with Crippen LogP contribution in [-0.2, 0) is 0 Å². The second kappa shape index (κ2) is 7.60. The Bertz CT molecular complexity index is 420. The number of halogens is 1. The molecule has 5 heteroatoms. The third-order valence-electron chi connectivity index (χ3n) is 3.73. The number of amides is 1. The van der Waals surface area contributed by atoms with Crippen molar-refractivity contribution in [2.24, 2.45) is 5.41 Å². The zero-order valence-corrected chi connectivity index (χ0v) is 13.0. The maximum atomic E-state index is 12.0. The number of hydrogen-bond donors (Lipinski definition) is 2. The van der Waals surface area contributed by atoms with Crippen molar-refractivity contribution in [3.63, 3.8) is 0 Å². The van der Waals surface area contributed by atoms with E-state index in [-0.39, 0.29) is 17.9 Å². The van der Waals surface area contributed by atoms with Gasteiger partial charge >= 0.3 is 0 Å². The summed E-state index contributed by atoms with van der Waals surface area (Å²) >= 11 is 3.30. The molecule has 106 valence electrons. The maximum absolute atomic E-state index is 12.0. The zero-order chi connectivity index (χ0) is 14.3. The Morgan fingerprint density at radius 3 is 2.63 bits per heavy atom. The summed E-state index contributed by atoms with van der Waals surface area (Å²) in [7, 11) is 0. The molecule has 1 heterocycles. The van der Waals surface area contributed by atoms with Crippen LogP contribution in [0.25, 0.3) is 0 Å². The van der Waals surface area contributed by atoms with Crippen molar-refractivity contribution >= 4 is 21.8 Å². The summed E-state index contributed by atoms with van der Waals surface area (Å²) in [5.41, 5.74) is 0.517. The molecule has 0 aliphatic heterocycles. The third kappa shape index (κ3) is 4.58. The highest BCUT2D eigenvalue weighted by atomic mass is 79.9. The van der Waals surface area contributed by atoms with Gasteiger partial charge in [0.1, 0.15) is 0 Å². The first-order valence-corrected chi connectivity index (χ1v) is 7.36. The van der Waals surface area contributed by atoms with Crippen LogP contribution in [0.2, 0.25) is 0 Å². The van der Waals surface area contributed by atoms with E-state index < -0.39 is 0 Å². The van der Waals surface area contributed by atoms with E-state index in [1.165, 1.54) is 0 Å². The highest BCUT2D eigenvalue weighted by Crippen LogP contribution is 2.29. The van der Waals surface area contributed by atoms with Crippen molar-refractivity contribution < 1.29 is 9.90 Å². The number of aliphatic hydroxyl groups is 1. The normalized spacial score (nSPS) is 11.4. The Morgan fingerprint density at radius 2 is 2.11 bits per heavy atom. The molecule has 4 nitrogen and oxygen atoms in total. The Balaban J connectivity index is 2.66. The molecule has 1 aromatic rings. The van der Waals surface area contributed by atoms with Gasteiger partial charge < -0.3 is 10.4 Å². The summed E-state index contributed by atoms with van der Waals surface area (Å²) in [6.45, 7) is 4.90. The molecular formula is C14H21BrN2O2. The molecule has 0 saturated heterocycles. The topological polar surface area (TPSA) is 62.2 Å². The first kappa shape index (κ1) is 16.1. The Kier molecular flexibility index (Phi) is 6.45. The fourth-order valence-corrected chi connectivity index (χ4v) is 2.45. The summed E-state index contributed by atoms with van der Waals surface area (Å²) in [6, 6.07) is 1.74. The van der Waals surface area contributed by atoms with Gasteiger partial charge in [-0.05, 0) is 46.7 Å². The molecule has 0 saturated carbocycles. The fourth-order valence-electron chi connectivity index (χ4n) is 2.08. The summed E-state index contributed by atoms with van der Waals surface area (Å²) < 4.78 is 0.785. The average molecular weight is 329 g/mol. The molecule has 0 aliphatic carbocycles. The van der Waals surface area contributed by atoms with Crippen molar-refractivity contribution in [3.05, 3.63) is 28.5 Å². The predicted octanol–water partition coefficient (Wildman–Crippen LogP) is 2.76. The Labute approximate surface area is 122 Å². The number of rotatable bonds is 7. The van der Waals surface area contributed by atoms with Gasteiger partial charge in [-0.25, -0.2) is 0 Å². The molecule has 0 aliphatic rings. The van der Waals surface area contributed by atoms with Crippen molar-refractivity contribution in [2.75, 3.05) is 13.2 Å². The number of carbonyl (C=O) groups excluding carboxylic acids is 1. The highest BCUT2D eigenvalue weighted by molar-refractivity contribution is 9.10. The van der Waals surface area contributed by atoms with Crippen LogP contribution in [-0.4, -0.2) is 29.1 Å². The first-order valence-electron chi connectivity index (χ1n) is 6.56. The van der Waals surface area contributed by atoms with E-state index in [0.29, 0.717) is 18.5 Å². The van der Waals surface area contributed by atoms with Crippen LogP contribution in [0.3, 0.4) is 0 Å². The van der Waals surface area contributed by atoms with Crippen LogP contribution < -0.4 is 5.32 Å². The van der Waals surface area contributed by atoms with Gasteiger partial charge in [0.25, 0.3) is 5.91 Å². The lowest BCUT2D eigenvalue weighted by molar-refractivity contribution is 0.0907. The SMILES string of the molecule is CCC(CC)(CCO)CNC(=O)c1cncc(Br)c1. The monoisotopic (exact) mass is 328 g/mol. The van der Waals surface area contributed by atoms with Gasteiger partial charge in [-0.15, -0.1) is 0 Å². The van der Waals surface area contributed by atoms with Gasteiger partial charge in [0.2, 0.25) is 0 Å². The highest BCUT2D eigenvalue weighted by Gasteiger charge is 2.26. The van der Waals surface area contributed by atoms with Crippen LogP contribution in [0.1, 0.15) is 43.5 Å². The summed E-state index contributed by atoms with van der Waals surface area (Å²) in [6.07, 6.45) is 5.76. The van der Waals surface area contributed by atoms with E-state index in [1.54, 1.807) is 18.5 Å². The molecular weight excluding hydrogens is 308 g/mol. The van der Waals surface area contributed by atoms with E-state index in [0.717, 1.165) is 17.3 Å². The fraction of sp³-hybridized carbons (Fsp3) is 0.571. The number of hydrogen-bond acceptors (Lipinski definition) is 3. The minimum atomic E-state index is -0.127. The quantitative estimate of drug-likeness (QED) is 0.809. The van der Waals surface area contributed by atoms with Crippen molar-refractivity contribution in [3.8, 4) is 0 Å². The van der Waals surface area contributed by atoms with Crippen molar-refractivity contribution in [1.82, 2.24) is 10.3 Å². The smallest absolute Gasteiger partial charge is 0.252 e. The largest absolute Gasteiger partial charge is 0.396 e. The molecule has 1 aromatic heterocycles. The molecule has 0 fully saturated rings. The van der Waals surface area contributed by atoms with E-state index >= 15 is 0 Å². The van der Waals surface area contributed by atoms with Gasteiger partial charge in [-0.1, -0.05) is 13.8 Å². The lowest BCUT2D eigenvalue weighted by Gasteiger charge is -2.31. The number of pyridine rings is 1. The molecule has 2 N–H and O–H groups in total. The minimum Gasteiger partial charge on any atom is -0.396 e. The summed E-state index contributed by atoms with van der Waals surface area (Å²) in [5.74, 6) is -0.127. The van der Waals surface area contributed by atoms with Gasteiger partial charge in [0, 0.05) is 30.0 Å². The van der Waals surface area contributed by atoms with Gasteiger partial charge in [0.15, 0.2) is 0 Å². The predicted molar refractivity (Wildman–Crippen MR) is 79.0 cm³/mol. The number of aromatic nitrogens is 1. The van der Waals surface area contributed by atoms with Gasteiger partial charge in [-0.3, -0.25) is 9.78 Å². The van der Waals surface area contributed by atoms with Crippen LogP contribution in [0.4, 0.5) is 0 Å². The van der Waals surface area contributed by atoms with E-state index in [2.05, 4.69) is 40.1 Å². The van der Waals surface area contributed by atoms with Gasteiger partial charge in [-0.2, -0.15) is 0 Å². The number of aliphatic hydroxyl groups excluding tert-OH is 1. The molecule has 0 aromatic carbocycles. The molecule has 1 amide bonds. The Morgan fingerprint density at radius 1 is 1.42 bits per heavy atom. The standard InChI is InChI=1S/C14H21BrN2O2/c1-3-14(4-2,5-6-18)10-17-13(19)11-7-12(15)9-16-8-11/h7-9,18H,3-6,10H2,1-2H3,(H,17,19). The van der Waals surface area contributed by atoms with Crippen LogP contribution >= 0.6 is 15.9 Å².